The molecular formula is C26H29FN6O6. The van der Waals surface area contributed by atoms with Gasteiger partial charge in [-0.3, -0.25) is 0 Å². The van der Waals surface area contributed by atoms with Crippen molar-refractivity contribution in [2.75, 3.05) is 26.6 Å². The van der Waals surface area contributed by atoms with Crippen molar-refractivity contribution in [1.82, 2.24) is 20.3 Å². The lowest BCUT2D eigenvalue weighted by Crippen LogP contribution is -2.38. The standard InChI is InChI=1S/C26H29FN6O6/c1-12-21-18(32-26(28)29-12)10-17(31-24(21)33-38-11-19-22(34)23(35)25(37-3)39-19)14-8-7-13(27)9-15(14)16-5-4-6-20(30-16)36-2/h4-9,17,19,22-23,25,34-35H,10-11H2,1-3H3,(H,31,33)(H2,28,29,32)/t17?,19-,22-,23-,25-/m1/s1. The van der Waals surface area contributed by atoms with E-state index in [9.17, 15) is 14.6 Å². The molecular weight excluding hydrogens is 511 g/mol. The van der Waals surface area contributed by atoms with Gasteiger partial charge in [-0.2, -0.15) is 0 Å². The molecule has 2 aliphatic heterocycles. The molecule has 13 heteroatoms. The number of benzene rings is 1. The highest BCUT2D eigenvalue weighted by atomic mass is 19.1. The fraction of sp³-hybridized carbons (Fsp3) is 0.385. The first-order valence-corrected chi connectivity index (χ1v) is 12.2. The lowest BCUT2D eigenvalue weighted by atomic mass is 9.90. The Kier molecular flexibility index (Phi) is 7.57. The first kappa shape index (κ1) is 26.7. The third-order valence-electron chi connectivity index (χ3n) is 6.67. The Hall–Kier alpha value is -3.91. The van der Waals surface area contributed by atoms with Crippen molar-refractivity contribution in [2.24, 2.45) is 5.16 Å². The lowest BCUT2D eigenvalue weighted by Gasteiger charge is -2.29. The Balaban J connectivity index is 1.48. The second-order valence-electron chi connectivity index (χ2n) is 9.18. The Labute approximate surface area is 223 Å². The number of anilines is 1. The maximum Gasteiger partial charge on any atom is 0.220 e. The molecule has 0 amide bonds. The van der Waals surface area contributed by atoms with Gasteiger partial charge in [0.05, 0.1) is 35.8 Å². The number of fused-ring (bicyclic) bond motifs is 1. The molecule has 0 spiro atoms. The molecule has 206 valence electrons. The number of aliphatic hydroxyl groups is 2. The summed E-state index contributed by atoms with van der Waals surface area (Å²) in [7, 11) is 2.88. The molecule has 39 heavy (non-hydrogen) atoms. The predicted octanol–water partition coefficient (Wildman–Crippen LogP) is 1.24. The number of nitrogens with one attached hydrogen (secondary N) is 1. The Morgan fingerprint density at radius 1 is 1.15 bits per heavy atom. The van der Waals surface area contributed by atoms with E-state index in [1.807, 2.05) is 0 Å². The van der Waals surface area contributed by atoms with Gasteiger partial charge in [0.25, 0.3) is 0 Å². The highest BCUT2D eigenvalue weighted by molar-refractivity contribution is 6.01. The van der Waals surface area contributed by atoms with Gasteiger partial charge in [-0.15, -0.1) is 0 Å². The van der Waals surface area contributed by atoms with Gasteiger partial charge in [0.2, 0.25) is 11.8 Å². The largest absolute Gasteiger partial charge is 0.481 e. The van der Waals surface area contributed by atoms with E-state index in [0.29, 0.717) is 46.3 Å². The summed E-state index contributed by atoms with van der Waals surface area (Å²) in [5.74, 6) is 0.418. The number of nitrogens with zero attached hydrogens (tertiary/aromatic N) is 4. The van der Waals surface area contributed by atoms with Gasteiger partial charge >= 0.3 is 0 Å². The summed E-state index contributed by atoms with van der Waals surface area (Å²) >= 11 is 0. The zero-order valence-corrected chi connectivity index (χ0v) is 21.5. The van der Waals surface area contributed by atoms with Gasteiger partial charge in [-0.1, -0.05) is 17.3 Å². The first-order valence-electron chi connectivity index (χ1n) is 12.2. The van der Waals surface area contributed by atoms with Crippen molar-refractivity contribution < 1.29 is 33.7 Å². The van der Waals surface area contributed by atoms with Crippen LogP contribution in [0.3, 0.4) is 0 Å². The van der Waals surface area contributed by atoms with Crippen molar-refractivity contribution in [1.29, 1.82) is 0 Å². The molecule has 1 saturated heterocycles. The van der Waals surface area contributed by atoms with E-state index in [1.54, 1.807) is 31.2 Å². The number of methoxy groups -OCH3 is 2. The summed E-state index contributed by atoms with van der Waals surface area (Å²) in [6.07, 6.45) is -3.86. The average molecular weight is 541 g/mol. The molecule has 12 nitrogen and oxygen atoms in total. The second-order valence-corrected chi connectivity index (χ2v) is 9.18. The number of hydrogen-bond donors (Lipinski definition) is 4. The predicted molar refractivity (Wildman–Crippen MR) is 137 cm³/mol. The number of oxime groups is 1. The molecule has 0 saturated carbocycles. The van der Waals surface area contributed by atoms with Crippen molar-refractivity contribution in [3.63, 3.8) is 0 Å². The topological polar surface area (TPSA) is 166 Å². The quantitative estimate of drug-likeness (QED) is 0.318. The van der Waals surface area contributed by atoms with E-state index < -0.39 is 36.5 Å². The Morgan fingerprint density at radius 2 is 1.97 bits per heavy atom. The van der Waals surface area contributed by atoms with Crippen LogP contribution in [-0.4, -0.2) is 76.4 Å². The van der Waals surface area contributed by atoms with Gasteiger partial charge in [0.1, 0.15) is 30.7 Å². The highest BCUT2D eigenvalue weighted by Crippen LogP contribution is 2.34. The molecule has 5 N–H and O–H groups in total. The molecule has 1 aromatic carbocycles. The van der Waals surface area contributed by atoms with Gasteiger partial charge in [-0.25, -0.2) is 19.3 Å². The number of ether oxygens (including phenoxy) is 3. The molecule has 0 bridgehead atoms. The van der Waals surface area contributed by atoms with Gasteiger partial charge in [0, 0.05) is 25.2 Å². The van der Waals surface area contributed by atoms with E-state index in [-0.39, 0.29) is 12.6 Å². The summed E-state index contributed by atoms with van der Waals surface area (Å²) < 4.78 is 30.2. The monoisotopic (exact) mass is 540 g/mol. The summed E-state index contributed by atoms with van der Waals surface area (Å²) in [6.45, 7) is 1.62. The molecule has 1 fully saturated rings. The van der Waals surface area contributed by atoms with Crippen molar-refractivity contribution in [3.05, 3.63) is 64.7 Å². The van der Waals surface area contributed by atoms with Crippen LogP contribution >= 0.6 is 0 Å². The van der Waals surface area contributed by atoms with Crippen LogP contribution in [0.1, 0.15) is 28.6 Å². The number of nitrogens with two attached hydrogens (primary N) is 1. The maximum atomic E-state index is 14.4. The zero-order chi connectivity index (χ0) is 27.7. The van der Waals surface area contributed by atoms with Crippen LogP contribution in [0.2, 0.25) is 0 Å². The van der Waals surface area contributed by atoms with E-state index in [4.69, 9.17) is 24.8 Å². The number of nitrogen functional groups attached to an aromatic ring is 1. The summed E-state index contributed by atoms with van der Waals surface area (Å²) in [6, 6.07) is 9.32. The normalized spacial score (nSPS) is 25.3. The highest BCUT2D eigenvalue weighted by Gasteiger charge is 2.43. The molecule has 0 aliphatic carbocycles. The number of aromatic nitrogens is 3. The molecule has 5 rings (SSSR count). The van der Waals surface area contributed by atoms with E-state index in [0.717, 1.165) is 5.56 Å². The molecule has 4 heterocycles. The average Bonchev–Trinajstić information content (AvgIpc) is 3.20. The van der Waals surface area contributed by atoms with Crippen LogP contribution < -0.4 is 15.8 Å². The summed E-state index contributed by atoms with van der Waals surface area (Å²) in [4.78, 5) is 18.7. The first-order chi connectivity index (χ1) is 18.8. The lowest BCUT2D eigenvalue weighted by molar-refractivity contribution is -0.156. The fourth-order valence-corrected chi connectivity index (χ4v) is 4.81. The maximum absolute atomic E-state index is 14.4. The van der Waals surface area contributed by atoms with Crippen LogP contribution in [0.4, 0.5) is 10.3 Å². The van der Waals surface area contributed by atoms with Crippen LogP contribution in [0.5, 0.6) is 5.88 Å². The number of amidine groups is 1. The number of pyridine rings is 1. The van der Waals surface area contributed by atoms with Gasteiger partial charge < -0.3 is 40.3 Å². The minimum Gasteiger partial charge on any atom is -0.481 e. The minimum atomic E-state index is -1.21. The zero-order valence-electron chi connectivity index (χ0n) is 21.5. The third-order valence-corrected chi connectivity index (χ3v) is 6.67. The number of rotatable bonds is 7. The molecule has 1 unspecified atom stereocenters. The van der Waals surface area contributed by atoms with Crippen LogP contribution in [0, 0.1) is 12.7 Å². The minimum absolute atomic E-state index is 0.114. The van der Waals surface area contributed by atoms with Crippen molar-refractivity contribution in [2.45, 2.75) is 44.0 Å². The van der Waals surface area contributed by atoms with Crippen molar-refractivity contribution >= 4 is 11.8 Å². The van der Waals surface area contributed by atoms with E-state index in [1.165, 1.54) is 26.4 Å². The number of aryl methyl sites for hydroxylation is 1. The summed E-state index contributed by atoms with van der Waals surface area (Å²) in [5, 5.41) is 27.9. The number of hydrogen-bond acceptors (Lipinski definition) is 11. The number of aliphatic hydroxyl groups excluding tert-OH is 2. The molecule has 2 aromatic heterocycles. The molecule has 0 radical (unpaired) electrons. The van der Waals surface area contributed by atoms with E-state index >= 15 is 0 Å². The smallest absolute Gasteiger partial charge is 0.220 e. The SMILES string of the molecule is COc1cccc(-c2cc(F)ccc2C2Cc3nc(N)nc(C)c3C(=NOC[C@H]3O[C@@H](OC)[C@H](O)[C@@H]3O)N2)n1. The Bertz CT molecular complexity index is 1390. The molecule has 3 aromatic rings. The van der Waals surface area contributed by atoms with E-state index in [2.05, 4.69) is 25.4 Å². The van der Waals surface area contributed by atoms with Crippen molar-refractivity contribution in [3.8, 4) is 17.1 Å². The van der Waals surface area contributed by atoms with Gasteiger partial charge in [0.15, 0.2) is 12.1 Å². The van der Waals surface area contributed by atoms with Crippen LogP contribution in [0.15, 0.2) is 41.6 Å². The third kappa shape index (κ3) is 5.34. The second kappa shape index (κ2) is 11.1. The Morgan fingerprint density at radius 3 is 2.72 bits per heavy atom. The van der Waals surface area contributed by atoms with Gasteiger partial charge in [-0.05, 0) is 30.7 Å². The number of halogens is 1. The molecule has 5 atom stereocenters. The summed E-state index contributed by atoms with van der Waals surface area (Å²) in [5.41, 5.74) is 9.63. The fourth-order valence-electron chi connectivity index (χ4n) is 4.81. The molecule has 2 aliphatic rings. The van der Waals surface area contributed by atoms with Crippen LogP contribution in [0.25, 0.3) is 11.3 Å². The van der Waals surface area contributed by atoms with Crippen LogP contribution in [-0.2, 0) is 20.7 Å².